The van der Waals surface area contributed by atoms with Gasteiger partial charge in [0, 0.05) is 10.4 Å². The van der Waals surface area contributed by atoms with Crippen LogP contribution in [0.5, 0.6) is 0 Å². The molecule has 0 aliphatic carbocycles. The van der Waals surface area contributed by atoms with Crippen LogP contribution in [0, 0.1) is 0 Å². The lowest BCUT2D eigenvalue weighted by molar-refractivity contribution is -0.113. The molecule has 1 aromatic heterocycles. The molecule has 1 aromatic carbocycles. The third kappa shape index (κ3) is 6.16. The van der Waals surface area contributed by atoms with Crippen molar-refractivity contribution in [3.05, 3.63) is 39.3 Å². The highest BCUT2D eigenvalue weighted by atomic mass is 79.9. The molecule has 0 aliphatic heterocycles. The fourth-order valence-corrected chi connectivity index (χ4v) is 5.11. The lowest BCUT2D eigenvalue weighted by Gasteiger charge is -2.06. The van der Waals surface area contributed by atoms with E-state index in [1.54, 1.807) is 18.2 Å². The molecule has 1 amide bonds. The van der Waals surface area contributed by atoms with E-state index in [-0.39, 0.29) is 5.75 Å². The van der Waals surface area contributed by atoms with Crippen LogP contribution in [-0.2, 0) is 20.4 Å². The predicted octanol–water partition coefficient (Wildman–Crippen LogP) is 3.76. The zero-order valence-electron chi connectivity index (χ0n) is 14.0. The van der Waals surface area contributed by atoms with E-state index >= 15 is 0 Å². The molecular formula is C16H20BrN3O3S2. The Balaban J connectivity index is 1.97. The minimum absolute atomic E-state index is 0.186. The molecule has 6 nitrogen and oxygen atoms in total. The van der Waals surface area contributed by atoms with Crippen molar-refractivity contribution in [2.75, 3.05) is 11.1 Å². The highest BCUT2D eigenvalue weighted by Crippen LogP contribution is 2.28. The third-order valence-corrected chi connectivity index (χ3v) is 6.62. The van der Waals surface area contributed by atoms with Gasteiger partial charge in [-0.1, -0.05) is 53.2 Å². The molecule has 0 radical (unpaired) electrons. The van der Waals surface area contributed by atoms with Crippen molar-refractivity contribution < 1.29 is 13.2 Å². The highest BCUT2D eigenvalue weighted by molar-refractivity contribution is 9.10. The Morgan fingerprint density at radius 2 is 2.00 bits per heavy atom. The molecule has 25 heavy (non-hydrogen) atoms. The molecule has 1 heterocycles. The Kier molecular flexibility index (Phi) is 7.09. The maximum atomic E-state index is 12.2. The van der Waals surface area contributed by atoms with Crippen molar-refractivity contribution in [1.82, 2.24) is 10.2 Å². The fourth-order valence-electron chi connectivity index (χ4n) is 2.37. The van der Waals surface area contributed by atoms with Gasteiger partial charge in [-0.25, -0.2) is 8.42 Å². The maximum Gasteiger partial charge on any atom is 0.241 e. The van der Waals surface area contributed by atoms with Gasteiger partial charge >= 0.3 is 0 Å². The van der Waals surface area contributed by atoms with Crippen molar-refractivity contribution in [3.63, 3.8) is 0 Å². The summed E-state index contributed by atoms with van der Waals surface area (Å²) in [5, 5.41) is 11.8. The number of anilines is 1. The summed E-state index contributed by atoms with van der Waals surface area (Å²) in [5.41, 5.74) is 0.633. The lowest BCUT2D eigenvalue weighted by Crippen LogP contribution is -2.23. The van der Waals surface area contributed by atoms with Gasteiger partial charge < -0.3 is 0 Å². The Morgan fingerprint density at radius 3 is 2.64 bits per heavy atom. The maximum absolute atomic E-state index is 12.2. The number of halogens is 1. The highest BCUT2D eigenvalue weighted by Gasteiger charge is 2.20. The molecule has 0 unspecified atom stereocenters. The van der Waals surface area contributed by atoms with Crippen molar-refractivity contribution in [1.29, 1.82) is 0 Å². The second kappa shape index (κ2) is 8.86. The van der Waals surface area contributed by atoms with E-state index in [1.165, 1.54) is 11.3 Å². The number of carbonyl (C=O) groups is 1. The average molecular weight is 446 g/mol. The topological polar surface area (TPSA) is 89.0 Å². The van der Waals surface area contributed by atoms with Crippen molar-refractivity contribution in [2.45, 2.75) is 38.4 Å². The van der Waals surface area contributed by atoms with Gasteiger partial charge in [0.05, 0.1) is 5.75 Å². The van der Waals surface area contributed by atoms with Gasteiger partial charge in [-0.2, -0.15) is 0 Å². The number of benzene rings is 1. The van der Waals surface area contributed by atoms with E-state index in [4.69, 9.17) is 0 Å². The second-order valence-corrected chi connectivity index (χ2v) is 9.66. The molecule has 1 N–H and O–H groups in total. The van der Waals surface area contributed by atoms with Crippen LogP contribution in [0.1, 0.15) is 43.2 Å². The predicted molar refractivity (Wildman–Crippen MR) is 103 cm³/mol. The second-order valence-electron chi connectivity index (χ2n) is 5.67. The van der Waals surface area contributed by atoms with E-state index in [0.717, 1.165) is 22.3 Å². The molecular weight excluding hydrogens is 426 g/mol. The van der Waals surface area contributed by atoms with Crippen LogP contribution in [0.15, 0.2) is 28.7 Å². The first kappa shape index (κ1) is 20.0. The summed E-state index contributed by atoms with van der Waals surface area (Å²) in [4.78, 5) is 12.0. The van der Waals surface area contributed by atoms with Gasteiger partial charge in [0.25, 0.3) is 0 Å². The minimum atomic E-state index is -3.57. The smallest absolute Gasteiger partial charge is 0.241 e. The number of aromatic nitrogens is 2. The van der Waals surface area contributed by atoms with E-state index in [0.29, 0.717) is 16.6 Å². The summed E-state index contributed by atoms with van der Waals surface area (Å²) >= 11 is 4.60. The first-order valence-corrected chi connectivity index (χ1v) is 11.3. The first-order valence-electron chi connectivity index (χ1n) is 7.91. The summed E-state index contributed by atoms with van der Waals surface area (Å²) in [7, 11) is -3.57. The molecule has 0 bridgehead atoms. The van der Waals surface area contributed by atoms with Gasteiger partial charge in [-0.15, -0.1) is 10.2 Å². The molecule has 0 fully saturated rings. The standard InChI is InChI=1S/C16H20BrN3O3S2/c1-3-12(4-2)15-19-20-16(24-15)18-14(21)10-25(22,23)9-11-6-5-7-13(17)8-11/h5-8,12H,3-4,9-10H2,1-2H3,(H,18,20,21). The first-order chi connectivity index (χ1) is 11.8. The van der Waals surface area contributed by atoms with Gasteiger partial charge in [0.15, 0.2) is 9.84 Å². The number of hydrogen-bond donors (Lipinski definition) is 1. The van der Waals surface area contributed by atoms with Gasteiger partial charge in [-0.05, 0) is 30.5 Å². The van der Waals surface area contributed by atoms with Gasteiger partial charge in [-0.3, -0.25) is 10.1 Å². The number of nitrogens with one attached hydrogen (secondary N) is 1. The summed E-state index contributed by atoms with van der Waals surface area (Å²) < 4.78 is 25.2. The molecule has 0 spiro atoms. The van der Waals surface area contributed by atoms with Gasteiger partial charge in [0.2, 0.25) is 11.0 Å². The zero-order valence-corrected chi connectivity index (χ0v) is 17.2. The van der Waals surface area contributed by atoms with Crippen LogP contribution in [0.25, 0.3) is 0 Å². The minimum Gasteiger partial charge on any atom is -0.300 e. The zero-order chi connectivity index (χ0) is 18.4. The quantitative estimate of drug-likeness (QED) is 0.667. The number of sulfone groups is 1. The van der Waals surface area contributed by atoms with E-state index < -0.39 is 21.5 Å². The van der Waals surface area contributed by atoms with Crippen molar-refractivity contribution >= 4 is 48.1 Å². The van der Waals surface area contributed by atoms with Crippen molar-refractivity contribution in [3.8, 4) is 0 Å². The number of carbonyl (C=O) groups excluding carboxylic acids is 1. The molecule has 0 saturated heterocycles. The monoisotopic (exact) mass is 445 g/mol. The van der Waals surface area contributed by atoms with Crippen LogP contribution in [0.2, 0.25) is 0 Å². The Labute approximate surface area is 160 Å². The Morgan fingerprint density at radius 1 is 1.28 bits per heavy atom. The average Bonchev–Trinajstić information content (AvgIpc) is 2.95. The molecule has 2 aromatic rings. The summed E-state index contributed by atoms with van der Waals surface area (Å²) in [5.74, 6) is -1.06. The number of nitrogens with zero attached hydrogens (tertiary/aromatic N) is 2. The van der Waals surface area contributed by atoms with Crippen LogP contribution in [0.3, 0.4) is 0 Å². The Bertz CT molecular complexity index is 833. The largest absolute Gasteiger partial charge is 0.300 e. The normalized spacial score (nSPS) is 11.7. The van der Waals surface area contributed by atoms with E-state index in [2.05, 4.69) is 45.3 Å². The number of hydrogen-bond acceptors (Lipinski definition) is 6. The van der Waals surface area contributed by atoms with Crippen LogP contribution < -0.4 is 5.32 Å². The van der Waals surface area contributed by atoms with Crippen molar-refractivity contribution in [2.24, 2.45) is 0 Å². The van der Waals surface area contributed by atoms with E-state index in [1.807, 2.05) is 6.07 Å². The van der Waals surface area contributed by atoms with Crippen LogP contribution >= 0.6 is 27.3 Å². The molecule has 9 heteroatoms. The molecule has 0 aliphatic rings. The molecule has 0 atom stereocenters. The molecule has 0 saturated carbocycles. The molecule has 2 rings (SSSR count). The fraction of sp³-hybridized carbons (Fsp3) is 0.438. The third-order valence-electron chi connectivity index (χ3n) is 3.65. The molecule has 136 valence electrons. The Hall–Kier alpha value is -1.32. The lowest BCUT2D eigenvalue weighted by atomic mass is 10.1. The SMILES string of the molecule is CCC(CC)c1nnc(NC(=O)CS(=O)(=O)Cc2cccc(Br)c2)s1. The van der Waals surface area contributed by atoms with Crippen LogP contribution in [0.4, 0.5) is 5.13 Å². The van der Waals surface area contributed by atoms with E-state index in [9.17, 15) is 13.2 Å². The summed E-state index contributed by atoms with van der Waals surface area (Å²) in [6.45, 7) is 4.14. The summed E-state index contributed by atoms with van der Waals surface area (Å²) in [6, 6.07) is 7.01. The summed E-state index contributed by atoms with van der Waals surface area (Å²) in [6.07, 6.45) is 1.89. The van der Waals surface area contributed by atoms with Crippen LogP contribution in [-0.4, -0.2) is 30.3 Å². The number of rotatable bonds is 8. The number of amides is 1. The van der Waals surface area contributed by atoms with Gasteiger partial charge in [0.1, 0.15) is 10.8 Å².